The van der Waals surface area contributed by atoms with Gasteiger partial charge in [0, 0.05) is 6.54 Å². The fourth-order valence-corrected chi connectivity index (χ4v) is 1.76. The Morgan fingerprint density at radius 2 is 2.00 bits per heavy atom. The molecule has 0 saturated heterocycles. The molecule has 5 nitrogen and oxygen atoms in total. The highest BCUT2D eigenvalue weighted by atomic mass is 16.5. The van der Waals surface area contributed by atoms with Gasteiger partial charge in [-0.05, 0) is 37.0 Å². The minimum atomic E-state index is -0.577. The highest BCUT2D eigenvalue weighted by Gasteiger charge is 2.10. The molecule has 0 radical (unpaired) electrons. The van der Waals surface area contributed by atoms with Crippen molar-refractivity contribution in [3.63, 3.8) is 0 Å². The normalized spacial score (nSPS) is 12.1. The van der Waals surface area contributed by atoms with Gasteiger partial charge in [0.2, 0.25) is 0 Å². The number of hydrogen-bond donors (Lipinski definition) is 2. The number of carbonyl (C=O) groups is 1. The number of carbonyl (C=O) groups excluding carboxylic acids is 1. The van der Waals surface area contributed by atoms with Gasteiger partial charge in [-0.15, -0.1) is 0 Å². The number of aliphatic hydroxyl groups is 1. The van der Waals surface area contributed by atoms with Crippen molar-refractivity contribution < 1.29 is 19.4 Å². The first kappa shape index (κ1) is 17.3. The molecule has 0 heterocycles. The van der Waals surface area contributed by atoms with E-state index in [9.17, 15) is 9.90 Å². The number of methoxy groups -OCH3 is 1. The van der Waals surface area contributed by atoms with E-state index in [0.29, 0.717) is 24.0 Å². The Morgan fingerprint density at radius 1 is 1.29 bits per heavy atom. The average Bonchev–Trinajstić information content (AvgIpc) is 2.44. The number of hydrogen-bond acceptors (Lipinski definition) is 4. The van der Waals surface area contributed by atoms with Crippen molar-refractivity contribution in [1.29, 1.82) is 0 Å². The Balaban J connectivity index is 2.53. The molecule has 5 heteroatoms. The first-order chi connectivity index (χ1) is 9.93. The van der Waals surface area contributed by atoms with Crippen LogP contribution < -0.4 is 14.8 Å². The molecule has 1 amide bonds. The van der Waals surface area contributed by atoms with Gasteiger partial charge in [-0.1, -0.05) is 19.9 Å². The van der Waals surface area contributed by atoms with Crippen LogP contribution in [0.15, 0.2) is 18.2 Å². The van der Waals surface area contributed by atoms with Crippen molar-refractivity contribution in [2.75, 3.05) is 20.3 Å². The number of benzene rings is 1. The number of amides is 1. The summed E-state index contributed by atoms with van der Waals surface area (Å²) >= 11 is 0. The first-order valence-corrected chi connectivity index (χ1v) is 7.19. The van der Waals surface area contributed by atoms with E-state index in [-0.39, 0.29) is 12.5 Å². The SMILES string of the molecule is COc1cc(C(C)O)ccc1OCC(=O)NCCC(C)C. The Morgan fingerprint density at radius 3 is 2.57 bits per heavy atom. The summed E-state index contributed by atoms with van der Waals surface area (Å²) in [7, 11) is 1.52. The molecule has 118 valence electrons. The fraction of sp³-hybridized carbons (Fsp3) is 0.562. The van der Waals surface area contributed by atoms with Crippen LogP contribution in [0.5, 0.6) is 11.5 Å². The van der Waals surface area contributed by atoms with Gasteiger partial charge in [0.05, 0.1) is 13.2 Å². The lowest BCUT2D eigenvalue weighted by Gasteiger charge is -2.13. The Labute approximate surface area is 126 Å². The molecule has 21 heavy (non-hydrogen) atoms. The number of ether oxygens (including phenoxy) is 2. The monoisotopic (exact) mass is 295 g/mol. The fourth-order valence-electron chi connectivity index (χ4n) is 1.76. The van der Waals surface area contributed by atoms with Gasteiger partial charge in [-0.25, -0.2) is 0 Å². The molecule has 0 aliphatic carbocycles. The van der Waals surface area contributed by atoms with Gasteiger partial charge >= 0.3 is 0 Å². The molecular weight excluding hydrogens is 270 g/mol. The molecule has 0 bridgehead atoms. The predicted octanol–water partition coefficient (Wildman–Crippen LogP) is 2.29. The summed E-state index contributed by atoms with van der Waals surface area (Å²) in [6.07, 6.45) is 0.366. The van der Waals surface area contributed by atoms with E-state index in [4.69, 9.17) is 9.47 Å². The van der Waals surface area contributed by atoms with Crippen molar-refractivity contribution in [2.45, 2.75) is 33.3 Å². The van der Waals surface area contributed by atoms with Crippen LogP contribution in [0.2, 0.25) is 0 Å². The molecule has 0 saturated carbocycles. The molecular formula is C16H25NO4. The molecule has 0 aliphatic heterocycles. The Kier molecular flexibility index (Phi) is 7.02. The van der Waals surface area contributed by atoms with E-state index in [1.54, 1.807) is 25.1 Å². The minimum Gasteiger partial charge on any atom is -0.493 e. The van der Waals surface area contributed by atoms with Crippen molar-refractivity contribution in [2.24, 2.45) is 5.92 Å². The predicted molar refractivity (Wildman–Crippen MR) is 81.6 cm³/mol. The molecule has 1 aromatic carbocycles. The average molecular weight is 295 g/mol. The van der Waals surface area contributed by atoms with Crippen molar-refractivity contribution in [3.8, 4) is 11.5 Å². The van der Waals surface area contributed by atoms with Crippen LogP contribution in [0.1, 0.15) is 38.9 Å². The Bertz CT molecular complexity index is 458. The molecule has 1 rings (SSSR count). The third-order valence-electron chi connectivity index (χ3n) is 3.07. The number of nitrogens with one attached hydrogen (secondary N) is 1. The highest BCUT2D eigenvalue weighted by molar-refractivity contribution is 5.77. The Hall–Kier alpha value is -1.75. The summed E-state index contributed by atoms with van der Waals surface area (Å²) in [4.78, 5) is 11.7. The van der Waals surface area contributed by atoms with Crippen LogP contribution in [-0.2, 0) is 4.79 Å². The molecule has 0 aliphatic rings. The van der Waals surface area contributed by atoms with Gasteiger partial charge in [0.15, 0.2) is 18.1 Å². The second-order valence-electron chi connectivity index (χ2n) is 5.41. The van der Waals surface area contributed by atoms with E-state index in [1.165, 1.54) is 7.11 Å². The maximum Gasteiger partial charge on any atom is 0.257 e. The topological polar surface area (TPSA) is 67.8 Å². The molecule has 0 spiro atoms. The number of aliphatic hydroxyl groups excluding tert-OH is 1. The van der Waals surface area contributed by atoms with Crippen molar-refractivity contribution in [1.82, 2.24) is 5.32 Å². The zero-order valence-corrected chi connectivity index (χ0v) is 13.2. The second-order valence-corrected chi connectivity index (χ2v) is 5.41. The van der Waals surface area contributed by atoms with Crippen LogP contribution in [0.25, 0.3) is 0 Å². The lowest BCUT2D eigenvalue weighted by atomic mass is 10.1. The molecule has 1 unspecified atom stereocenters. The largest absolute Gasteiger partial charge is 0.493 e. The quantitative estimate of drug-likeness (QED) is 0.772. The maximum atomic E-state index is 11.7. The summed E-state index contributed by atoms with van der Waals surface area (Å²) in [6.45, 7) is 6.49. The van der Waals surface area contributed by atoms with E-state index in [2.05, 4.69) is 19.2 Å². The van der Waals surface area contributed by atoms with Crippen molar-refractivity contribution >= 4 is 5.91 Å². The first-order valence-electron chi connectivity index (χ1n) is 7.19. The van der Waals surface area contributed by atoms with Gasteiger partial charge < -0.3 is 19.9 Å². The molecule has 0 fully saturated rings. The highest BCUT2D eigenvalue weighted by Crippen LogP contribution is 2.30. The summed E-state index contributed by atoms with van der Waals surface area (Å²) in [5.74, 6) is 1.39. The van der Waals surface area contributed by atoms with Crippen molar-refractivity contribution in [3.05, 3.63) is 23.8 Å². The third-order valence-corrected chi connectivity index (χ3v) is 3.07. The van der Waals surface area contributed by atoms with Gasteiger partial charge in [0.1, 0.15) is 0 Å². The lowest BCUT2D eigenvalue weighted by Crippen LogP contribution is -2.30. The molecule has 1 atom stereocenters. The van der Waals surface area contributed by atoms with E-state index in [1.807, 2.05) is 0 Å². The van der Waals surface area contributed by atoms with E-state index < -0.39 is 6.10 Å². The summed E-state index contributed by atoms with van der Waals surface area (Å²) in [5, 5.41) is 12.3. The standard InChI is InChI=1S/C16H25NO4/c1-11(2)7-8-17-16(19)10-21-14-6-5-13(12(3)18)9-15(14)20-4/h5-6,9,11-12,18H,7-8,10H2,1-4H3,(H,17,19). The number of rotatable bonds is 8. The van der Waals surface area contributed by atoms with Crippen LogP contribution in [-0.4, -0.2) is 31.3 Å². The molecule has 0 aromatic heterocycles. The van der Waals surface area contributed by atoms with Crippen LogP contribution >= 0.6 is 0 Å². The van der Waals surface area contributed by atoms with Crippen LogP contribution in [0.4, 0.5) is 0 Å². The zero-order valence-electron chi connectivity index (χ0n) is 13.2. The smallest absolute Gasteiger partial charge is 0.257 e. The van der Waals surface area contributed by atoms with Gasteiger partial charge in [-0.2, -0.15) is 0 Å². The second kappa shape index (κ2) is 8.52. The lowest BCUT2D eigenvalue weighted by molar-refractivity contribution is -0.123. The van der Waals surface area contributed by atoms with Crippen LogP contribution in [0, 0.1) is 5.92 Å². The van der Waals surface area contributed by atoms with Crippen LogP contribution in [0.3, 0.4) is 0 Å². The zero-order chi connectivity index (χ0) is 15.8. The summed E-state index contributed by atoms with van der Waals surface area (Å²) in [5.41, 5.74) is 0.737. The molecule has 2 N–H and O–H groups in total. The van der Waals surface area contributed by atoms with E-state index >= 15 is 0 Å². The molecule has 1 aromatic rings. The summed E-state index contributed by atoms with van der Waals surface area (Å²) < 4.78 is 10.7. The maximum absolute atomic E-state index is 11.7. The van der Waals surface area contributed by atoms with E-state index in [0.717, 1.165) is 12.0 Å². The minimum absolute atomic E-state index is 0.0531. The summed E-state index contributed by atoms with van der Waals surface area (Å²) in [6, 6.07) is 5.15. The van der Waals surface area contributed by atoms with Gasteiger partial charge in [0.25, 0.3) is 5.91 Å². The third kappa shape index (κ3) is 6.04. The van der Waals surface area contributed by atoms with Gasteiger partial charge in [-0.3, -0.25) is 4.79 Å².